The standard InChI is InChI=1S/C19H16F2N4O3/c1-11-18(27)24(10-13-6-7-16(20)17(21)8-13)19(28)25(23-11)15-5-3-4-14(9-15)22-12(2)26/h3-9H,10H2,1-2H3,(H,22,26). The van der Waals surface area contributed by atoms with E-state index >= 15 is 0 Å². The number of aromatic nitrogens is 3. The highest BCUT2D eigenvalue weighted by molar-refractivity contribution is 5.88. The Hall–Kier alpha value is -3.62. The lowest BCUT2D eigenvalue weighted by molar-refractivity contribution is -0.114. The average Bonchev–Trinajstić information content (AvgIpc) is 2.64. The van der Waals surface area contributed by atoms with Crippen LogP contribution in [0.25, 0.3) is 5.69 Å². The number of hydrogen-bond acceptors (Lipinski definition) is 4. The molecule has 1 heterocycles. The van der Waals surface area contributed by atoms with Crippen molar-refractivity contribution in [3.63, 3.8) is 0 Å². The van der Waals surface area contributed by atoms with Gasteiger partial charge in [-0.05, 0) is 42.8 Å². The van der Waals surface area contributed by atoms with Crippen molar-refractivity contribution < 1.29 is 13.6 Å². The van der Waals surface area contributed by atoms with Crippen LogP contribution in [0.1, 0.15) is 18.2 Å². The van der Waals surface area contributed by atoms with Crippen LogP contribution in [0.15, 0.2) is 52.1 Å². The maximum atomic E-state index is 13.5. The van der Waals surface area contributed by atoms with E-state index < -0.39 is 22.9 Å². The molecule has 1 N–H and O–H groups in total. The molecule has 0 aliphatic rings. The Balaban J connectivity index is 2.10. The molecule has 3 aromatic rings. The van der Waals surface area contributed by atoms with Gasteiger partial charge in [-0.1, -0.05) is 12.1 Å². The van der Waals surface area contributed by atoms with Crippen LogP contribution >= 0.6 is 0 Å². The molecule has 0 unspecified atom stereocenters. The lowest BCUT2D eigenvalue weighted by Gasteiger charge is -2.12. The smallest absolute Gasteiger partial charge is 0.326 e. The molecule has 144 valence electrons. The van der Waals surface area contributed by atoms with Gasteiger partial charge in [-0.15, -0.1) is 0 Å². The van der Waals surface area contributed by atoms with Gasteiger partial charge in [0.05, 0.1) is 12.2 Å². The van der Waals surface area contributed by atoms with E-state index in [4.69, 9.17) is 0 Å². The van der Waals surface area contributed by atoms with Gasteiger partial charge in [0.15, 0.2) is 11.6 Å². The molecule has 3 rings (SSSR count). The molecule has 0 fully saturated rings. The maximum absolute atomic E-state index is 13.5. The summed E-state index contributed by atoms with van der Waals surface area (Å²) in [6.45, 7) is 2.55. The van der Waals surface area contributed by atoms with Gasteiger partial charge in [0.2, 0.25) is 5.91 Å². The number of halogens is 2. The molecule has 0 saturated carbocycles. The molecule has 28 heavy (non-hydrogen) atoms. The first-order chi connectivity index (χ1) is 13.3. The fourth-order valence-corrected chi connectivity index (χ4v) is 2.68. The minimum Gasteiger partial charge on any atom is -0.326 e. The van der Waals surface area contributed by atoms with E-state index in [1.807, 2.05) is 0 Å². The number of benzene rings is 2. The van der Waals surface area contributed by atoms with E-state index in [0.717, 1.165) is 21.4 Å². The largest absolute Gasteiger partial charge is 0.352 e. The highest BCUT2D eigenvalue weighted by atomic mass is 19.2. The van der Waals surface area contributed by atoms with Gasteiger partial charge in [-0.3, -0.25) is 14.2 Å². The lowest BCUT2D eigenvalue weighted by atomic mass is 10.2. The summed E-state index contributed by atoms with van der Waals surface area (Å²) < 4.78 is 28.5. The average molecular weight is 386 g/mol. The number of nitrogens with one attached hydrogen (secondary N) is 1. The fourth-order valence-electron chi connectivity index (χ4n) is 2.68. The van der Waals surface area contributed by atoms with Crippen molar-refractivity contribution in [1.82, 2.24) is 14.3 Å². The van der Waals surface area contributed by atoms with Gasteiger partial charge in [-0.25, -0.2) is 13.6 Å². The molecule has 0 atom stereocenters. The Labute approximate surface area is 157 Å². The monoisotopic (exact) mass is 386 g/mol. The summed E-state index contributed by atoms with van der Waals surface area (Å²) in [5.41, 5.74) is -0.299. The number of amides is 1. The number of hydrogen-bond donors (Lipinski definition) is 1. The minimum atomic E-state index is -1.07. The third-order valence-electron chi connectivity index (χ3n) is 3.95. The zero-order chi connectivity index (χ0) is 20.4. The first-order valence-electron chi connectivity index (χ1n) is 8.29. The summed E-state index contributed by atoms with van der Waals surface area (Å²) in [4.78, 5) is 36.5. The highest BCUT2D eigenvalue weighted by Crippen LogP contribution is 2.13. The number of rotatable bonds is 4. The van der Waals surface area contributed by atoms with Crippen molar-refractivity contribution in [3.05, 3.63) is 86.2 Å². The molecular formula is C19H16F2N4O3. The van der Waals surface area contributed by atoms with E-state index in [1.165, 1.54) is 26.0 Å². The van der Waals surface area contributed by atoms with Gasteiger partial charge in [0.1, 0.15) is 5.69 Å². The number of anilines is 1. The minimum absolute atomic E-state index is 0.0483. The van der Waals surface area contributed by atoms with Gasteiger partial charge in [0, 0.05) is 12.6 Å². The van der Waals surface area contributed by atoms with Crippen LogP contribution in [-0.2, 0) is 11.3 Å². The summed E-state index contributed by atoms with van der Waals surface area (Å²) in [5.74, 6) is -2.37. The van der Waals surface area contributed by atoms with Crippen molar-refractivity contribution >= 4 is 11.6 Å². The van der Waals surface area contributed by atoms with E-state index in [1.54, 1.807) is 18.2 Å². The molecular weight excluding hydrogens is 370 g/mol. The Morgan fingerprint density at radius 2 is 1.86 bits per heavy atom. The maximum Gasteiger partial charge on any atom is 0.352 e. The van der Waals surface area contributed by atoms with Crippen LogP contribution in [0.2, 0.25) is 0 Å². The molecule has 1 amide bonds. The number of carbonyl (C=O) groups excluding carboxylic acids is 1. The summed E-state index contributed by atoms with van der Waals surface area (Å²) in [5, 5.41) is 6.62. The van der Waals surface area contributed by atoms with Crippen LogP contribution in [0, 0.1) is 18.6 Å². The third kappa shape index (κ3) is 3.88. The Kier molecular flexibility index (Phi) is 5.16. The number of nitrogens with zero attached hydrogens (tertiary/aromatic N) is 3. The van der Waals surface area contributed by atoms with Crippen LogP contribution < -0.4 is 16.6 Å². The number of carbonyl (C=O) groups is 1. The zero-order valence-corrected chi connectivity index (χ0v) is 15.1. The van der Waals surface area contributed by atoms with E-state index in [-0.39, 0.29) is 23.7 Å². The SMILES string of the molecule is CC(=O)Nc1cccc(-n2nc(C)c(=O)n(Cc3ccc(F)c(F)c3)c2=O)c1. The molecule has 0 saturated heterocycles. The molecule has 0 radical (unpaired) electrons. The normalized spacial score (nSPS) is 10.7. The molecule has 1 aromatic heterocycles. The Bertz CT molecular complexity index is 1180. The quantitative estimate of drug-likeness (QED) is 0.743. The van der Waals surface area contributed by atoms with E-state index in [0.29, 0.717) is 11.4 Å². The summed E-state index contributed by atoms with van der Waals surface area (Å²) in [7, 11) is 0. The molecule has 0 bridgehead atoms. The molecule has 2 aromatic carbocycles. The van der Waals surface area contributed by atoms with Gasteiger partial charge in [-0.2, -0.15) is 9.78 Å². The van der Waals surface area contributed by atoms with E-state index in [2.05, 4.69) is 10.4 Å². The lowest BCUT2D eigenvalue weighted by Crippen LogP contribution is -2.42. The van der Waals surface area contributed by atoms with Crippen molar-refractivity contribution in [2.75, 3.05) is 5.32 Å². The zero-order valence-electron chi connectivity index (χ0n) is 15.1. The number of aryl methyl sites for hydroxylation is 1. The third-order valence-corrected chi connectivity index (χ3v) is 3.95. The molecule has 0 spiro atoms. The molecule has 0 aliphatic heterocycles. The Morgan fingerprint density at radius 3 is 2.54 bits per heavy atom. The topological polar surface area (TPSA) is 86.0 Å². The fraction of sp³-hybridized carbons (Fsp3) is 0.158. The second kappa shape index (κ2) is 7.55. The predicted molar refractivity (Wildman–Crippen MR) is 98.6 cm³/mol. The molecule has 9 heteroatoms. The van der Waals surface area contributed by atoms with Gasteiger partial charge in [0.25, 0.3) is 5.56 Å². The van der Waals surface area contributed by atoms with Crippen molar-refractivity contribution in [1.29, 1.82) is 0 Å². The summed E-state index contributed by atoms with van der Waals surface area (Å²) in [6.07, 6.45) is 0. The second-order valence-corrected chi connectivity index (χ2v) is 6.15. The Morgan fingerprint density at radius 1 is 1.11 bits per heavy atom. The van der Waals surface area contributed by atoms with Crippen LogP contribution in [-0.4, -0.2) is 20.3 Å². The van der Waals surface area contributed by atoms with Crippen LogP contribution in [0.3, 0.4) is 0 Å². The van der Waals surface area contributed by atoms with Crippen LogP contribution in [0.4, 0.5) is 14.5 Å². The molecule has 0 aliphatic carbocycles. The summed E-state index contributed by atoms with van der Waals surface area (Å²) >= 11 is 0. The van der Waals surface area contributed by atoms with Gasteiger partial charge < -0.3 is 5.32 Å². The second-order valence-electron chi connectivity index (χ2n) is 6.15. The predicted octanol–water partition coefficient (Wildman–Crippen LogP) is 1.99. The first kappa shape index (κ1) is 19.2. The van der Waals surface area contributed by atoms with Crippen molar-refractivity contribution in [3.8, 4) is 5.69 Å². The first-order valence-corrected chi connectivity index (χ1v) is 8.29. The van der Waals surface area contributed by atoms with Crippen molar-refractivity contribution in [2.45, 2.75) is 20.4 Å². The van der Waals surface area contributed by atoms with Crippen LogP contribution in [0.5, 0.6) is 0 Å². The highest BCUT2D eigenvalue weighted by Gasteiger charge is 2.14. The van der Waals surface area contributed by atoms with Gasteiger partial charge >= 0.3 is 5.69 Å². The van der Waals surface area contributed by atoms with Crippen molar-refractivity contribution in [2.24, 2.45) is 0 Å². The van der Waals surface area contributed by atoms with E-state index in [9.17, 15) is 23.2 Å². The summed E-state index contributed by atoms with van der Waals surface area (Å²) in [6, 6.07) is 9.53. The molecule has 7 nitrogen and oxygen atoms in total.